The lowest BCUT2D eigenvalue weighted by atomic mass is 10.2. The van der Waals surface area contributed by atoms with Crippen molar-refractivity contribution in [3.05, 3.63) is 16.7 Å². The molecule has 1 unspecified atom stereocenters. The normalized spacial score (nSPS) is 13.2. The SMILES string of the molecule is CCN(CC(C)C#N)S(=O)(=O)c1cc(Br)cnc1N. The average Bonchev–Trinajstić information content (AvgIpc) is 2.37. The minimum Gasteiger partial charge on any atom is -0.383 e. The van der Waals surface area contributed by atoms with Gasteiger partial charge < -0.3 is 5.73 Å². The van der Waals surface area contributed by atoms with Crippen molar-refractivity contribution in [3.63, 3.8) is 0 Å². The Balaban J connectivity index is 3.21. The van der Waals surface area contributed by atoms with Gasteiger partial charge in [0.05, 0.1) is 12.0 Å². The molecule has 0 aliphatic heterocycles. The Labute approximate surface area is 121 Å². The van der Waals surface area contributed by atoms with E-state index in [2.05, 4.69) is 20.9 Å². The highest BCUT2D eigenvalue weighted by molar-refractivity contribution is 9.10. The quantitative estimate of drug-likeness (QED) is 0.872. The molecule has 0 spiro atoms. The number of hydrogen-bond acceptors (Lipinski definition) is 5. The van der Waals surface area contributed by atoms with Crippen molar-refractivity contribution in [2.24, 2.45) is 5.92 Å². The first-order valence-electron chi connectivity index (χ1n) is 5.63. The molecule has 1 atom stereocenters. The number of hydrogen-bond donors (Lipinski definition) is 1. The van der Waals surface area contributed by atoms with E-state index >= 15 is 0 Å². The summed E-state index contributed by atoms with van der Waals surface area (Å²) in [6, 6.07) is 3.43. The van der Waals surface area contributed by atoms with E-state index < -0.39 is 15.9 Å². The van der Waals surface area contributed by atoms with Crippen LogP contribution in [0.2, 0.25) is 0 Å². The van der Waals surface area contributed by atoms with Gasteiger partial charge in [-0.3, -0.25) is 0 Å². The minimum absolute atomic E-state index is 0.0473. The summed E-state index contributed by atoms with van der Waals surface area (Å²) in [5, 5.41) is 8.80. The van der Waals surface area contributed by atoms with E-state index in [-0.39, 0.29) is 23.8 Å². The van der Waals surface area contributed by atoms with Crippen LogP contribution in [-0.4, -0.2) is 30.8 Å². The molecular weight excluding hydrogens is 332 g/mol. The second kappa shape index (κ2) is 6.32. The van der Waals surface area contributed by atoms with Crippen molar-refractivity contribution < 1.29 is 8.42 Å². The lowest BCUT2D eigenvalue weighted by Gasteiger charge is -2.22. The molecule has 0 bridgehead atoms. The van der Waals surface area contributed by atoms with Gasteiger partial charge in [-0.2, -0.15) is 9.57 Å². The van der Waals surface area contributed by atoms with Gasteiger partial charge in [0.25, 0.3) is 0 Å². The Morgan fingerprint density at radius 2 is 2.26 bits per heavy atom. The number of nitrogens with two attached hydrogens (primary N) is 1. The Bertz CT molecular complexity index is 597. The number of rotatable bonds is 5. The summed E-state index contributed by atoms with van der Waals surface area (Å²) >= 11 is 3.17. The zero-order valence-electron chi connectivity index (χ0n) is 10.7. The molecule has 19 heavy (non-hydrogen) atoms. The second-order valence-corrected chi connectivity index (χ2v) is 6.84. The van der Waals surface area contributed by atoms with Crippen molar-refractivity contribution in [3.8, 4) is 6.07 Å². The first-order valence-corrected chi connectivity index (χ1v) is 7.87. The summed E-state index contributed by atoms with van der Waals surface area (Å²) in [6.45, 7) is 3.77. The maximum absolute atomic E-state index is 12.5. The Morgan fingerprint density at radius 3 is 2.79 bits per heavy atom. The Morgan fingerprint density at radius 1 is 1.63 bits per heavy atom. The lowest BCUT2D eigenvalue weighted by Crippen LogP contribution is -2.34. The number of pyridine rings is 1. The van der Waals surface area contributed by atoms with E-state index in [1.54, 1.807) is 13.8 Å². The van der Waals surface area contributed by atoms with Crippen LogP contribution in [0.25, 0.3) is 0 Å². The van der Waals surface area contributed by atoms with E-state index in [9.17, 15) is 8.42 Å². The number of sulfonamides is 1. The highest BCUT2D eigenvalue weighted by atomic mass is 79.9. The molecular formula is C11H15BrN4O2S. The molecule has 6 nitrogen and oxygen atoms in total. The van der Waals surface area contributed by atoms with Crippen LogP contribution in [0.3, 0.4) is 0 Å². The molecule has 1 aromatic rings. The fraction of sp³-hybridized carbons (Fsp3) is 0.455. The summed E-state index contributed by atoms with van der Waals surface area (Å²) in [5.74, 6) is -0.442. The molecule has 0 saturated carbocycles. The van der Waals surface area contributed by atoms with Gasteiger partial charge in [-0.25, -0.2) is 13.4 Å². The van der Waals surface area contributed by atoms with Crippen LogP contribution in [0.4, 0.5) is 5.82 Å². The Kier molecular flexibility index (Phi) is 5.29. The zero-order chi connectivity index (χ0) is 14.6. The Hall–Kier alpha value is -1.17. The third-order valence-electron chi connectivity index (χ3n) is 2.52. The van der Waals surface area contributed by atoms with E-state index in [4.69, 9.17) is 11.0 Å². The molecule has 0 aliphatic carbocycles. The van der Waals surface area contributed by atoms with Gasteiger partial charge in [-0.15, -0.1) is 0 Å². The lowest BCUT2D eigenvalue weighted by molar-refractivity contribution is 0.400. The van der Waals surface area contributed by atoms with Gasteiger partial charge in [0.15, 0.2) is 0 Å². The summed E-state index contributed by atoms with van der Waals surface area (Å²) in [7, 11) is -3.74. The van der Waals surface area contributed by atoms with E-state index in [1.807, 2.05) is 6.07 Å². The number of halogens is 1. The van der Waals surface area contributed by atoms with Gasteiger partial charge in [0, 0.05) is 23.8 Å². The number of nitriles is 1. The van der Waals surface area contributed by atoms with Crippen molar-refractivity contribution in [2.45, 2.75) is 18.7 Å². The zero-order valence-corrected chi connectivity index (χ0v) is 13.1. The van der Waals surface area contributed by atoms with Crippen LogP contribution in [0.5, 0.6) is 0 Å². The van der Waals surface area contributed by atoms with Crippen LogP contribution in [0.1, 0.15) is 13.8 Å². The van der Waals surface area contributed by atoms with Crippen LogP contribution in [0, 0.1) is 17.2 Å². The number of nitrogens with zero attached hydrogens (tertiary/aromatic N) is 3. The number of anilines is 1. The van der Waals surface area contributed by atoms with Crippen molar-refractivity contribution >= 4 is 31.8 Å². The molecule has 0 aliphatic rings. The summed E-state index contributed by atoms with van der Waals surface area (Å²) in [6.07, 6.45) is 1.43. The van der Waals surface area contributed by atoms with Crippen LogP contribution < -0.4 is 5.73 Å². The van der Waals surface area contributed by atoms with Crippen LogP contribution in [-0.2, 0) is 10.0 Å². The molecule has 0 radical (unpaired) electrons. The first-order chi connectivity index (χ1) is 8.82. The predicted molar refractivity (Wildman–Crippen MR) is 75.6 cm³/mol. The maximum Gasteiger partial charge on any atom is 0.246 e. The summed E-state index contributed by atoms with van der Waals surface area (Å²) in [5.41, 5.74) is 5.63. The van der Waals surface area contributed by atoms with E-state index in [1.165, 1.54) is 16.6 Å². The fourth-order valence-corrected chi connectivity index (χ4v) is 3.63. The predicted octanol–water partition coefficient (Wildman–Crippen LogP) is 1.60. The largest absolute Gasteiger partial charge is 0.383 e. The van der Waals surface area contributed by atoms with Crippen LogP contribution in [0.15, 0.2) is 21.6 Å². The van der Waals surface area contributed by atoms with E-state index in [0.717, 1.165) is 0 Å². The van der Waals surface area contributed by atoms with E-state index in [0.29, 0.717) is 4.47 Å². The third-order valence-corrected chi connectivity index (χ3v) is 4.92. The summed E-state index contributed by atoms with van der Waals surface area (Å²) in [4.78, 5) is 3.77. The van der Waals surface area contributed by atoms with Crippen molar-refractivity contribution in [1.29, 1.82) is 5.26 Å². The number of nitrogen functional groups attached to an aromatic ring is 1. The first kappa shape index (κ1) is 15.9. The number of aromatic nitrogens is 1. The monoisotopic (exact) mass is 346 g/mol. The molecule has 1 rings (SSSR count). The molecule has 104 valence electrons. The molecule has 0 amide bonds. The second-order valence-electron chi connectivity index (χ2n) is 4.02. The topological polar surface area (TPSA) is 100 Å². The highest BCUT2D eigenvalue weighted by Crippen LogP contribution is 2.24. The average molecular weight is 347 g/mol. The smallest absolute Gasteiger partial charge is 0.246 e. The molecule has 0 aromatic carbocycles. The molecule has 2 N–H and O–H groups in total. The van der Waals surface area contributed by atoms with Gasteiger partial charge in [0.1, 0.15) is 10.7 Å². The van der Waals surface area contributed by atoms with Crippen molar-refractivity contribution in [2.75, 3.05) is 18.8 Å². The van der Waals surface area contributed by atoms with Crippen molar-refractivity contribution in [1.82, 2.24) is 9.29 Å². The van der Waals surface area contributed by atoms with Crippen LogP contribution >= 0.6 is 15.9 Å². The van der Waals surface area contributed by atoms with Gasteiger partial charge in [0.2, 0.25) is 10.0 Å². The van der Waals surface area contributed by atoms with Gasteiger partial charge >= 0.3 is 0 Å². The molecule has 0 fully saturated rings. The molecule has 1 aromatic heterocycles. The minimum atomic E-state index is -3.74. The highest BCUT2D eigenvalue weighted by Gasteiger charge is 2.27. The third kappa shape index (κ3) is 3.65. The molecule has 1 heterocycles. The molecule has 0 saturated heterocycles. The van der Waals surface area contributed by atoms with Gasteiger partial charge in [-0.05, 0) is 28.9 Å². The summed E-state index contributed by atoms with van der Waals surface area (Å²) < 4.78 is 26.7. The standard InChI is InChI=1S/C11H15BrN4O2S/c1-3-16(7-8(2)5-13)19(17,18)10-4-9(12)6-15-11(10)14/h4,6,8H,3,7H2,1-2H3,(H2,14,15). The maximum atomic E-state index is 12.5. The van der Waals surface area contributed by atoms with Gasteiger partial charge in [-0.1, -0.05) is 6.92 Å². The molecule has 8 heteroatoms. The fourth-order valence-electron chi connectivity index (χ4n) is 1.52.